The predicted molar refractivity (Wildman–Crippen MR) is 95.2 cm³/mol. The van der Waals surface area contributed by atoms with Crippen molar-refractivity contribution in [1.29, 1.82) is 0 Å². The summed E-state index contributed by atoms with van der Waals surface area (Å²) in [5.74, 6) is -0.658. The molecule has 1 heterocycles. The van der Waals surface area contributed by atoms with Crippen molar-refractivity contribution in [2.45, 2.75) is 20.8 Å². The van der Waals surface area contributed by atoms with Crippen molar-refractivity contribution in [3.05, 3.63) is 51.3 Å². The van der Waals surface area contributed by atoms with Gasteiger partial charge >= 0.3 is 5.97 Å². The van der Waals surface area contributed by atoms with Gasteiger partial charge in [0.15, 0.2) is 19.0 Å². The molecule has 0 unspecified atom stereocenters. The molecule has 0 saturated heterocycles. The Kier molecular flexibility index (Phi) is 6.14. The van der Waals surface area contributed by atoms with Crippen molar-refractivity contribution in [3.63, 3.8) is 0 Å². The minimum Gasteiger partial charge on any atom is -0.482 e. The summed E-state index contributed by atoms with van der Waals surface area (Å²) in [5.41, 5.74) is 1.96. The highest BCUT2D eigenvalue weighted by molar-refractivity contribution is 9.10. The Morgan fingerprint density at radius 2 is 1.88 bits per heavy atom. The molecule has 0 fully saturated rings. The number of ketones is 2. The van der Waals surface area contributed by atoms with Gasteiger partial charge in [-0.2, -0.15) is 0 Å². The zero-order chi connectivity index (χ0) is 18.6. The summed E-state index contributed by atoms with van der Waals surface area (Å²) in [6.07, 6.45) is 0. The van der Waals surface area contributed by atoms with E-state index in [9.17, 15) is 14.4 Å². The second kappa shape index (κ2) is 8.11. The van der Waals surface area contributed by atoms with Gasteiger partial charge < -0.3 is 14.5 Å². The first-order valence-corrected chi connectivity index (χ1v) is 8.36. The molecule has 0 spiro atoms. The number of Topliss-reactive ketones (excluding diaryl/α,β-unsaturated/α-hetero) is 2. The quantitative estimate of drug-likeness (QED) is 0.561. The van der Waals surface area contributed by atoms with Crippen LogP contribution in [0.25, 0.3) is 0 Å². The first-order valence-electron chi connectivity index (χ1n) is 7.57. The molecule has 0 aliphatic rings. The molecule has 6 nitrogen and oxygen atoms in total. The average Bonchev–Trinajstić information content (AvgIpc) is 2.85. The molecule has 25 heavy (non-hydrogen) atoms. The third-order valence-electron chi connectivity index (χ3n) is 3.59. The second-order valence-electron chi connectivity index (χ2n) is 5.51. The molecular weight excluding hydrogens is 390 g/mol. The lowest BCUT2D eigenvalue weighted by molar-refractivity contribution is -0.144. The predicted octanol–water partition coefficient (Wildman–Crippen LogP) is 3.40. The zero-order valence-corrected chi connectivity index (χ0v) is 15.7. The molecule has 0 bridgehead atoms. The number of carbonyl (C=O) groups is 3. The maximum Gasteiger partial charge on any atom is 0.344 e. The molecule has 2 rings (SSSR count). The van der Waals surface area contributed by atoms with Crippen molar-refractivity contribution in [1.82, 2.24) is 4.98 Å². The Hall–Kier alpha value is -2.41. The van der Waals surface area contributed by atoms with E-state index in [0.29, 0.717) is 22.6 Å². The maximum absolute atomic E-state index is 12.2. The highest BCUT2D eigenvalue weighted by Gasteiger charge is 2.20. The summed E-state index contributed by atoms with van der Waals surface area (Å²) in [7, 11) is 0. The number of esters is 1. The van der Waals surface area contributed by atoms with Crippen LogP contribution in [0.4, 0.5) is 0 Å². The first kappa shape index (κ1) is 18.9. The van der Waals surface area contributed by atoms with Gasteiger partial charge in [-0.05, 0) is 44.5 Å². The first-order chi connectivity index (χ1) is 11.8. The van der Waals surface area contributed by atoms with Crippen molar-refractivity contribution < 1.29 is 23.9 Å². The number of benzene rings is 1. The van der Waals surface area contributed by atoms with E-state index in [1.165, 1.54) is 6.92 Å². The molecule has 2 aromatic rings. The second-order valence-corrected chi connectivity index (χ2v) is 6.43. The van der Waals surface area contributed by atoms with E-state index >= 15 is 0 Å². The van der Waals surface area contributed by atoms with Crippen molar-refractivity contribution >= 4 is 33.5 Å². The molecular formula is C18H18BrNO5. The molecule has 132 valence electrons. The van der Waals surface area contributed by atoms with Crippen molar-refractivity contribution in [2.75, 3.05) is 13.2 Å². The lowest BCUT2D eigenvalue weighted by atomic mass is 10.1. The van der Waals surface area contributed by atoms with Crippen LogP contribution >= 0.6 is 15.9 Å². The number of aromatic amines is 1. The van der Waals surface area contributed by atoms with Crippen molar-refractivity contribution in [3.8, 4) is 5.75 Å². The van der Waals surface area contributed by atoms with Crippen LogP contribution < -0.4 is 4.74 Å². The summed E-state index contributed by atoms with van der Waals surface area (Å²) in [6.45, 7) is 4.13. The van der Waals surface area contributed by atoms with Gasteiger partial charge in [0.25, 0.3) is 0 Å². The van der Waals surface area contributed by atoms with Gasteiger partial charge in [-0.15, -0.1) is 0 Å². The fourth-order valence-electron chi connectivity index (χ4n) is 2.52. The number of ether oxygens (including phenoxy) is 2. The number of aromatic nitrogens is 1. The van der Waals surface area contributed by atoms with E-state index in [2.05, 4.69) is 20.9 Å². The zero-order valence-electron chi connectivity index (χ0n) is 14.1. The molecule has 0 radical (unpaired) electrons. The van der Waals surface area contributed by atoms with Crippen LogP contribution in [0.1, 0.15) is 39.0 Å². The number of hydrogen-bond donors (Lipinski definition) is 1. The third-order valence-corrected chi connectivity index (χ3v) is 4.08. The summed E-state index contributed by atoms with van der Waals surface area (Å²) >= 11 is 3.30. The van der Waals surface area contributed by atoms with Crippen LogP contribution in [-0.4, -0.2) is 35.7 Å². The molecule has 1 aromatic carbocycles. The molecule has 0 aliphatic heterocycles. The molecule has 1 aromatic heterocycles. The van der Waals surface area contributed by atoms with Crippen LogP contribution in [0.2, 0.25) is 0 Å². The SMILES string of the molecule is CC(=O)c1c(C)[nH]c(C(=O)COC(=O)COc2cccc(Br)c2)c1C. The molecule has 0 amide bonds. The summed E-state index contributed by atoms with van der Waals surface area (Å²) in [4.78, 5) is 38.4. The van der Waals surface area contributed by atoms with Gasteiger partial charge in [0.2, 0.25) is 5.78 Å². The number of halogens is 1. The highest BCUT2D eigenvalue weighted by atomic mass is 79.9. The standard InChI is InChI=1S/C18H18BrNO5/c1-10-17(12(3)21)11(2)20-18(10)15(22)8-25-16(23)9-24-14-6-4-5-13(19)7-14/h4-7,20H,8-9H2,1-3H3. The Morgan fingerprint density at radius 1 is 1.16 bits per heavy atom. The van der Waals surface area contributed by atoms with Crippen molar-refractivity contribution in [2.24, 2.45) is 0 Å². The molecule has 1 N–H and O–H groups in total. The Bertz CT molecular complexity index is 825. The van der Waals surface area contributed by atoms with E-state index < -0.39 is 18.4 Å². The number of H-pyrrole nitrogens is 1. The van der Waals surface area contributed by atoms with Gasteiger partial charge in [-0.3, -0.25) is 9.59 Å². The Morgan fingerprint density at radius 3 is 2.48 bits per heavy atom. The smallest absolute Gasteiger partial charge is 0.344 e. The van der Waals surface area contributed by atoms with Crippen LogP contribution in [0, 0.1) is 13.8 Å². The number of carbonyl (C=O) groups excluding carboxylic acids is 3. The van der Waals surface area contributed by atoms with Gasteiger partial charge in [0.05, 0.1) is 5.69 Å². The molecule has 7 heteroatoms. The molecule has 0 atom stereocenters. The Balaban J connectivity index is 1.90. The van der Waals surface area contributed by atoms with Gasteiger partial charge in [0.1, 0.15) is 5.75 Å². The normalized spacial score (nSPS) is 10.4. The minimum absolute atomic E-state index is 0.121. The summed E-state index contributed by atoms with van der Waals surface area (Å²) in [6, 6.07) is 7.03. The number of aryl methyl sites for hydroxylation is 1. The number of nitrogens with one attached hydrogen (secondary N) is 1. The minimum atomic E-state index is -0.652. The fraction of sp³-hybridized carbons (Fsp3) is 0.278. The topological polar surface area (TPSA) is 85.5 Å². The lowest BCUT2D eigenvalue weighted by Gasteiger charge is -2.07. The molecule has 0 saturated carbocycles. The fourth-order valence-corrected chi connectivity index (χ4v) is 2.89. The van der Waals surface area contributed by atoms with E-state index in [4.69, 9.17) is 9.47 Å². The highest BCUT2D eigenvalue weighted by Crippen LogP contribution is 2.19. The van der Waals surface area contributed by atoms with Crippen LogP contribution in [0.15, 0.2) is 28.7 Å². The van der Waals surface area contributed by atoms with E-state index in [-0.39, 0.29) is 18.1 Å². The molecule has 0 aliphatic carbocycles. The van der Waals surface area contributed by atoms with Gasteiger partial charge in [-0.1, -0.05) is 22.0 Å². The van der Waals surface area contributed by atoms with E-state index in [0.717, 1.165) is 4.47 Å². The monoisotopic (exact) mass is 407 g/mol. The largest absolute Gasteiger partial charge is 0.482 e. The maximum atomic E-state index is 12.2. The van der Waals surface area contributed by atoms with E-state index in [1.54, 1.807) is 32.0 Å². The van der Waals surface area contributed by atoms with Crippen LogP contribution in [0.5, 0.6) is 5.75 Å². The van der Waals surface area contributed by atoms with E-state index in [1.807, 2.05) is 6.07 Å². The third kappa shape index (κ3) is 4.79. The van der Waals surface area contributed by atoms with Crippen LogP contribution in [-0.2, 0) is 9.53 Å². The average molecular weight is 408 g/mol. The lowest BCUT2D eigenvalue weighted by Crippen LogP contribution is -2.20. The number of rotatable bonds is 7. The number of hydrogen-bond acceptors (Lipinski definition) is 5. The van der Waals surface area contributed by atoms with Gasteiger partial charge in [-0.25, -0.2) is 4.79 Å². The Labute approximate surface area is 153 Å². The van der Waals surface area contributed by atoms with Crippen LogP contribution in [0.3, 0.4) is 0 Å². The summed E-state index contributed by atoms with van der Waals surface area (Å²) < 4.78 is 11.1. The van der Waals surface area contributed by atoms with Gasteiger partial charge in [0, 0.05) is 15.7 Å². The summed E-state index contributed by atoms with van der Waals surface area (Å²) in [5, 5.41) is 0.